The average Bonchev–Trinajstić information content (AvgIpc) is 2.30. The molecule has 0 heterocycles. The van der Waals surface area contributed by atoms with Crippen LogP contribution in [0.25, 0.3) is 0 Å². The molecule has 0 amide bonds. The van der Waals surface area contributed by atoms with Crippen LogP contribution < -0.4 is 5.32 Å². The summed E-state index contributed by atoms with van der Waals surface area (Å²) in [7, 11) is 0. The van der Waals surface area contributed by atoms with E-state index in [0.29, 0.717) is 23.7 Å². The summed E-state index contributed by atoms with van der Waals surface area (Å²) in [5.41, 5.74) is 0.537. The SMILES string of the molecule is O=[N+]([O-])c1cccc(Cl)c1CNCCCCO. The number of aliphatic hydroxyl groups is 1. The van der Waals surface area contributed by atoms with Crippen molar-refractivity contribution in [3.8, 4) is 0 Å². The summed E-state index contributed by atoms with van der Waals surface area (Å²) in [6, 6.07) is 4.64. The molecule has 0 atom stereocenters. The van der Waals surface area contributed by atoms with Gasteiger partial charge in [0.15, 0.2) is 0 Å². The first kappa shape index (κ1) is 13.9. The molecule has 0 radical (unpaired) electrons. The maximum absolute atomic E-state index is 10.8. The van der Waals surface area contributed by atoms with E-state index in [1.54, 1.807) is 12.1 Å². The molecule has 6 heteroatoms. The van der Waals surface area contributed by atoms with Gasteiger partial charge in [0.25, 0.3) is 5.69 Å². The Morgan fingerprint density at radius 2 is 2.18 bits per heavy atom. The first-order valence-corrected chi connectivity index (χ1v) is 5.78. The Hall–Kier alpha value is -1.17. The number of hydrogen-bond acceptors (Lipinski definition) is 4. The van der Waals surface area contributed by atoms with Crippen LogP contribution in [0.3, 0.4) is 0 Å². The molecule has 0 spiro atoms. The highest BCUT2D eigenvalue weighted by atomic mass is 35.5. The molecule has 0 bridgehead atoms. The third kappa shape index (κ3) is 4.30. The second-order valence-electron chi connectivity index (χ2n) is 3.60. The lowest BCUT2D eigenvalue weighted by Crippen LogP contribution is -2.16. The van der Waals surface area contributed by atoms with Gasteiger partial charge in [-0.3, -0.25) is 10.1 Å². The number of nitro benzene ring substituents is 1. The minimum Gasteiger partial charge on any atom is -0.396 e. The molecular formula is C11H15ClN2O3. The minimum absolute atomic E-state index is 0.0344. The number of rotatable bonds is 7. The van der Waals surface area contributed by atoms with Gasteiger partial charge in [-0.25, -0.2) is 0 Å². The summed E-state index contributed by atoms with van der Waals surface area (Å²) in [6.07, 6.45) is 1.55. The van der Waals surface area contributed by atoms with E-state index in [1.165, 1.54) is 6.07 Å². The van der Waals surface area contributed by atoms with Crippen molar-refractivity contribution in [1.29, 1.82) is 0 Å². The summed E-state index contributed by atoms with van der Waals surface area (Å²) in [6.45, 7) is 1.22. The molecule has 1 aromatic rings. The van der Waals surface area contributed by atoms with E-state index in [1.807, 2.05) is 0 Å². The fourth-order valence-electron chi connectivity index (χ4n) is 1.47. The van der Waals surface area contributed by atoms with E-state index in [9.17, 15) is 10.1 Å². The number of hydrogen-bond donors (Lipinski definition) is 2. The number of nitrogens with one attached hydrogen (secondary N) is 1. The highest BCUT2D eigenvalue weighted by molar-refractivity contribution is 6.31. The second kappa shape index (κ2) is 7.21. The minimum atomic E-state index is -0.434. The van der Waals surface area contributed by atoms with Gasteiger partial charge >= 0.3 is 0 Å². The van der Waals surface area contributed by atoms with Crippen molar-refractivity contribution < 1.29 is 10.0 Å². The molecule has 0 aliphatic heterocycles. The van der Waals surface area contributed by atoms with Gasteiger partial charge in [0.1, 0.15) is 0 Å². The number of nitro groups is 1. The Balaban J connectivity index is 2.60. The largest absolute Gasteiger partial charge is 0.396 e. The quantitative estimate of drug-likeness (QED) is 0.446. The van der Waals surface area contributed by atoms with E-state index in [0.717, 1.165) is 12.8 Å². The molecule has 5 nitrogen and oxygen atoms in total. The fraction of sp³-hybridized carbons (Fsp3) is 0.455. The van der Waals surface area contributed by atoms with Gasteiger partial charge in [-0.15, -0.1) is 0 Å². The lowest BCUT2D eigenvalue weighted by molar-refractivity contribution is -0.385. The predicted molar refractivity (Wildman–Crippen MR) is 66.1 cm³/mol. The summed E-state index contributed by atoms with van der Waals surface area (Å²) in [5.74, 6) is 0. The van der Waals surface area contributed by atoms with E-state index in [2.05, 4.69) is 5.32 Å². The van der Waals surface area contributed by atoms with Gasteiger partial charge in [0, 0.05) is 19.2 Å². The number of unbranched alkanes of at least 4 members (excludes halogenated alkanes) is 1. The van der Waals surface area contributed by atoms with Crippen molar-refractivity contribution in [2.75, 3.05) is 13.2 Å². The zero-order chi connectivity index (χ0) is 12.7. The molecule has 0 aliphatic carbocycles. The van der Waals surface area contributed by atoms with Crippen LogP contribution in [0, 0.1) is 10.1 Å². The van der Waals surface area contributed by atoms with Gasteiger partial charge in [0.05, 0.1) is 15.5 Å². The van der Waals surface area contributed by atoms with Crippen molar-refractivity contribution in [2.45, 2.75) is 19.4 Å². The van der Waals surface area contributed by atoms with E-state index >= 15 is 0 Å². The van der Waals surface area contributed by atoms with Gasteiger partial charge in [-0.1, -0.05) is 17.7 Å². The van der Waals surface area contributed by atoms with Crippen molar-refractivity contribution >= 4 is 17.3 Å². The molecule has 1 aromatic carbocycles. The molecule has 0 aliphatic rings. The maximum atomic E-state index is 10.8. The molecule has 0 unspecified atom stereocenters. The Bertz CT molecular complexity index is 385. The van der Waals surface area contributed by atoms with E-state index in [4.69, 9.17) is 16.7 Å². The summed E-state index contributed by atoms with van der Waals surface area (Å²) in [4.78, 5) is 10.4. The fourth-order valence-corrected chi connectivity index (χ4v) is 1.70. The third-order valence-corrected chi connectivity index (χ3v) is 2.71. The van der Waals surface area contributed by atoms with Crippen molar-refractivity contribution in [3.05, 3.63) is 38.9 Å². The van der Waals surface area contributed by atoms with E-state index < -0.39 is 4.92 Å². The summed E-state index contributed by atoms with van der Waals surface area (Å²) >= 11 is 5.93. The lowest BCUT2D eigenvalue weighted by Gasteiger charge is -2.07. The van der Waals surface area contributed by atoms with Crippen LogP contribution in [-0.4, -0.2) is 23.2 Å². The van der Waals surface area contributed by atoms with Crippen molar-refractivity contribution in [2.24, 2.45) is 0 Å². The summed E-state index contributed by atoms with van der Waals surface area (Å²) in [5, 5.41) is 22.9. The van der Waals surface area contributed by atoms with Gasteiger partial charge < -0.3 is 10.4 Å². The second-order valence-corrected chi connectivity index (χ2v) is 4.01. The lowest BCUT2D eigenvalue weighted by atomic mass is 10.1. The smallest absolute Gasteiger partial charge is 0.275 e. The first-order chi connectivity index (χ1) is 8.16. The standard InChI is InChI=1S/C11H15ClN2O3/c12-10-4-3-5-11(14(16)17)9(10)8-13-6-1-2-7-15/h3-5,13,15H,1-2,6-8H2. The maximum Gasteiger partial charge on any atom is 0.275 e. The zero-order valence-electron chi connectivity index (χ0n) is 9.36. The van der Waals surface area contributed by atoms with Crippen LogP contribution in [0.2, 0.25) is 5.02 Å². The van der Waals surface area contributed by atoms with Crippen LogP contribution in [0.1, 0.15) is 18.4 Å². The van der Waals surface area contributed by atoms with Crippen LogP contribution in [0.5, 0.6) is 0 Å². The van der Waals surface area contributed by atoms with E-state index in [-0.39, 0.29) is 12.3 Å². The van der Waals surface area contributed by atoms with Crippen LogP contribution in [0.4, 0.5) is 5.69 Å². The molecule has 0 fully saturated rings. The molecule has 0 saturated heterocycles. The Labute approximate surface area is 105 Å². The number of halogens is 1. The molecule has 0 saturated carbocycles. The Morgan fingerprint density at radius 1 is 1.41 bits per heavy atom. The average molecular weight is 259 g/mol. The highest BCUT2D eigenvalue weighted by Gasteiger charge is 2.15. The van der Waals surface area contributed by atoms with Crippen molar-refractivity contribution in [3.63, 3.8) is 0 Å². The topological polar surface area (TPSA) is 75.4 Å². The molecule has 2 N–H and O–H groups in total. The normalized spacial score (nSPS) is 10.5. The Kier molecular flexibility index (Phi) is 5.90. The van der Waals surface area contributed by atoms with Gasteiger partial charge in [0.2, 0.25) is 0 Å². The predicted octanol–water partition coefficient (Wildman–Crippen LogP) is 2.11. The number of benzene rings is 1. The molecule has 0 aromatic heterocycles. The van der Waals surface area contributed by atoms with Crippen LogP contribution in [-0.2, 0) is 6.54 Å². The number of nitrogens with zero attached hydrogens (tertiary/aromatic N) is 1. The highest BCUT2D eigenvalue weighted by Crippen LogP contribution is 2.25. The third-order valence-electron chi connectivity index (χ3n) is 2.35. The van der Waals surface area contributed by atoms with Gasteiger partial charge in [-0.2, -0.15) is 0 Å². The zero-order valence-corrected chi connectivity index (χ0v) is 10.1. The van der Waals surface area contributed by atoms with Crippen molar-refractivity contribution in [1.82, 2.24) is 5.32 Å². The summed E-state index contributed by atoms with van der Waals surface area (Å²) < 4.78 is 0. The molecule has 1 rings (SSSR count). The first-order valence-electron chi connectivity index (χ1n) is 5.40. The molecule has 94 valence electrons. The Morgan fingerprint density at radius 3 is 2.82 bits per heavy atom. The monoisotopic (exact) mass is 258 g/mol. The number of aliphatic hydroxyl groups excluding tert-OH is 1. The van der Waals surface area contributed by atoms with Crippen LogP contribution >= 0.6 is 11.6 Å². The molecule has 17 heavy (non-hydrogen) atoms. The molecular weight excluding hydrogens is 244 g/mol. The van der Waals surface area contributed by atoms with Crippen LogP contribution in [0.15, 0.2) is 18.2 Å². The van der Waals surface area contributed by atoms with Gasteiger partial charge in [-0.05, 0) is 25.5 Å².